The van der Waals surface area contributed by atoms with Gasteiger partial charge in [-0.25, -0.2) is 17.8 Å². The second kappa shape index (κ2) is 9.06. The predicted octanol–water partition coefficient (Wildman–Crippen LogP) is 4.11. The quantitative estimate of drug-likeness (QED) is 0.538. The smallest absolute Gasteiger partial charge is 0.261 e. The van der Waals surface area contributed by atoms with Crippen LogP contribution in [0.2, 0.25) is 0 Å². The molecule has 0 fully saturated rings. The molecule has 0 amide bonds. The number of aromatic nitrogens is 2. The molecule has 1 heterocycles. The van der Waals surface area contributed by atoms with Crippen LogP contribution < -0.4 is 5.56 Å². The fraction of sp³-hybridized carbons (Fsp3) is 0.364. The van der Waals surface area contributed by atoms with Crippen molar-refractivity contribution in [3.05, 3.63) is 70.5 Å². The molecule has 2 aromatic carbocycles. The Labute approximate surface area is 176 Å². The Kier molecular flexibility index (Phi) is 6.67. The van der Waals surface area contributed by atoms with Gasteiger partial charge in [0, 0.05) is 13.1 Å². The Morgan fingerprint density at radius 3 is 2.37 bits per heavy atom. The first-order chi connectivity index (χ1) is 14.3. The number of nitrogens with zero attached hydrogens (tertiary/aromatic N) is 3. The van der Waals surface area contributed by atoms with Gasteiger partial charge in [-0.05, 0) is 56.2 Å². The van der Waals surface area contributed by atoms with Gasteiger partial charge in [0.25, 0.3) is 5.56 Å². The molecule has 0 N–H and O–H groups in total. The second-order valence-corrected chi connectivity index (χ2v) is 9.08. The minimum absolute atomic E-state index is 0.00868. The summed E-state index contributed by atoms with van der Waals surface area (Å²) in [5.41, 5.74) is 0.354. The molecule has 3 rings (SSSR count). The highest BCUT2D eigenvalue weighted by atomic mass is 32.2. The van der Waals surface area contributed by atoms with Gasteiger partial charge in [0.05, 0.1) is 21.8 Å². The molecule has 0 bridgehead atoms. The molecule has 3 aromatic rings. The number of halogens is 1. The van der Waals surface area contributed by atoms with Crippen LogP contribution in [0, 0.1) is 5.82 Å². The van der Waals surface area contributed by atoms with Crippen molar-refractivity contribution >= 4 is 20.9 Å². The Morgan fingerprint density at radius 1 is 1.07 bits per heavy atom. The first kappa shape index (κ1) is 22.1. The third kappa shape index (κ3) is 4.15. The van der Waals surface area contributed by atoms with E-state index in [-0.39, 0.29) is 17.0 Å². The molecule has 8 heteroatoms. The number of hydrogen-bond acceptors (Lipinski definition) is 4. The van der Waals surface area contributed by atoms with E-state index in [1.165, 1.54) is 16.4 Å². The SMILES string of the molecule is CCCN(C(C)c1nc2ccccc2c(=O)n1CCC)S(=O)(=O)c1ccc(F)cc1. The molecule has 30 heavy (non-hydrogen) atoms. The maximum Gasteiger partial charge on any atom is 0.261 e. The van der Waals surface area contributed by atoms with E-state index in [1.54, 1.807) is 35.8 Å². The maximum atomic E-state index is 13.4. The summed E-state index contributed by atoms with van der Waals surface area (Å²) in [5, 5.41) is 0.505. The van der Waals surface area contributed by atoms with Crippen LogP contribution in [0.15, 0.2) is 58.2 Å². The van der Waals surface area contributed by atoms with Gasteiger partial charge in [-0.1, -0.05) is 26.0 Å². The Hall–Kier alpha value is -2.58. The van der Waals surface area contributed by atoms with E-state index in [0.717, 1.165) is 12.1 Å². The first-order valence-electron chi connectivity index (χ1n) is 10.1. The van der Waals surface area contributed by atoms with Crippen LogP contribution in [-0.2, 0) is 16.6 Å². The van der Waals surface area contributed by atoms with Crippen molar-refractivity contribution in [1.29, 1.82) is 0 Å². The molecule has 0 aliphatic carbocycles. The van der Waals surface area contributed by atoms with E-state index in [2.05, 4.69) is 4.98 Å². The Morgan fingerprint density at radius 2 is 1.73 bits per heavy atom. The second-order valence-electron chi connectivity index (χ2n) is 7.19. The molecule has 1 aromatic heterocycles. The van der Waals surface area contributed by atoms with Crippen molar-refractivity contribution in [3.8, 4) is 0 Å². The van der Waals surface area contributed by atoms with Crippen LogP contribution >= 0.6 is 0 Å². The van der Waals surface area contributed by atoms with Crippen LogP contribution in [0.25, 0.3) is 10.9 Å². The standard InChI is InChI=1S/C22H26FN3O3S/c1-4-14-25-21(24-20-9-7-6-8-19(20)22(25)27)16(3)26(15-5-2)30(28,29)18-12-10-17(23)11-13-18/h6-13,16H,4-5,14-15H2,1-3H3. The van der Waals surface area contributed by atoms with E-state index in [1.807, 2.05) is 13.8 Å². The van der Waals surface area contributed by atoms with Crippen LogP contribution in [0.5, 0.6) is 0 Å². The van der Waals surface area contributed by atoms with Crippen LogP contribution in [0.3, 0.4) is 0 Å². The third-order valence-corrected chi connectivity index (χ3v) is 6.99. The lowest BCUT2D eigenvalue weighted by Gasteiger charge is -2.29. The molecular weight excluding hydrogens is 405 g/mol. The summed E-state index contributed by atoms with van der Waals surface area (Å²) in [6, 6.07) is 11.2. The number of rotatable bonds is 8. The summed E-state index contributed by atoms with van der Waals surface area (Å²) in [6.45, 7) is 6.25. The van der Waals surface area contributed by atoms with E-state index in [9.17, 15) is 17.6 Å². The first-order valence-corrected chi connectivity index (χ1v) is 11.5. The molecule has 0 radical (unpaired) electrons. The molecule has 0 aliphatic heterocycles. The summed E-state index contributed by atoms with van der Waals surface area (Å²) < 4.78 is 42.9. The van der Waals surface area contributed by atoms with E-state index in [4.69, 9.17) is 0 Å². The average molecular weight is 432 g/mol. The van der Waals surface area contributed by atoms with Crippen molar-refractivity contribution < 1.29 is 12.8 Å². The molecule has 1 atom stereocenters. The topological polar surface area (TPSA) is 72.3 Å². The van der Waals surface area contributed by atoms with Gasteiger partial charge in [-0.3, -0.25) is 9.36 Å². The Bertz CT molecular complexity index is 1190. The maximum absolute atomic E-state index is 13.4. The van der Waals surface area contributed by atoms with Gasteiger partial charge in [-0.2, -0.15) is 4.31 Å². The normalized spacial score (nSPS) is 13.1. The zero-order valence-electron chi connectivity index (χ0n) is 17.4. The number of benzene rings is 2. The van der Waals surface area contributed by atoms with Crippen molar-refractivity contribution in [3.63, 3.8) is 0 Å². The molecule has 160 valence electrons. The molecule has 0 aliphatic rings. The van der Waals surface area contributed by atoms with Gasteiger partial charge >= 0.3 is 0 Å². The number of sulfonamides is 1. The monoisotopic (exact) mass is 431 g/mol. The van der Waals surface area contributed by atoms with Crippen molar-refractivity contribution in [1.82, 2.24) is 13.9 Å². The number of fused-ring (bicyclic) bond motifs is 1. The van der Waals surface area contributed by atoms with Crippen LogP contribution in [-0.4, -0.2) is 28.8 Å². The van der Waals surface area contributed by atoms with E-state index < -0.39 is 21.9 Å². The lowest BCUT2D eigenvalue weighted by Crippen LogP contribution is -2.38. The number of para-hydroxylation sites is 1. The van der Waals surface area contributed by atoms with Crippen LogP contribution in [0.4, 0.5) is 4.39 Å². The van der Waals surface area contributed by atoms with Crippen molar-refractivity contribution in [2.24, 2.45) is 0 Å². The third-order valence-electron chi connectivity index (χ3n) is 5.01. The zero-order chi connectivity index (χ0) is 21.9. The fourth-order valence-electron chi connectivity index (χ4n) is 3.56. The van der Waals surface area contributed by atoms with Gasteiger partial charge in [-0.15, -0.1) is 0 Å². The Balaban J connectivity index is 2.17. The minimum Gasteiger partial charge on any atom is -0.295 e. The van der Waals surface area contributed by atoms with Crippen molar-refractivity contribution in [2.75, 3.05) is 6.54 Å². The average Bonchev–Trinajstić information content (AvgIpc) is 2.73. The van der Waals surface area contributed by atoms with E-state index in [0.29, 0.717) is 36.1 Å². The van der Waals surface area contributed by atoms with Gasteiger partial charge < -0.3 is 0 Å². The van der Waals surface area contributed by atoms with E-state index >= 15 is 0 Å². The highest BCUT2D eigenvalue weighted by Crippen LogP contribution is 2.27. The largest absolute Gasteiger partial charge is 0.295 e. The molecule has 1 unspecified atom stereocenters. The summed E-state index contributed by atoms with van der Waals surface area (Å²) in [6.07, 6.45) is 1.29. The molecule has 0 spiro atoms. The summed E-state index contributed by atoms with van der Waals surface area (Å²) >= 11 is 0. The van der Waals surface area contributed by atoms with Gasteiger partial charge in [0.2, 0.25) is 10.0 Å². The summed E-state index contributed by atoms with van der Waals surface area (Å²) in [5.74, 6) is -0.100. The predicted molar refractivity (Wildman–Crippen MR) is 115 cm³/mol. The fourth-order valence-corrected chi connectivity index (χ4v) is 5.24. The summed E-state index contributed by atoms with van der Waals surface area (Å²) in [4.78, 5) is 17.8. The molecule has 0 saturated heterocycles. The van der Waals surface area contributed by atoms with Gasteiger partial charge in [0.15, 0.2) is 0 Å². The summed E-state index contributed by atoms with van der Waals surface area (Å²) in [7, 11) is -3.91. The van der Waals surface area contributed by atoms with Crippen LogP contribution in [0.1, 0.15) is 45.5 Å². The molecule has 6 nitrogen and oxygen atoms in total. The van der Waals surface area contributed by atoms with Crippen molar-refractivity contribution in [2.45, 2.75) is 51.1 Å². The lowest BCUT2D eigenvalue weighted by molar-refractivity contribution is 0.320. The van der Waals surface area contributed by atoms with Gasteiger partial charge in [0.1, 0.15) is 11.6 Å². The highest BCUT2D eigenvalue weighted by molar-refractivity contribution is 7.89. The zero-order valence-corrected chi connectivity index (χ0v) is 18.2. The minimum atomic E-state index is -3.91. The highest BCUT2D eigenvalue weighted by Gasteiger charge is 2.32. The molecular formula is C22H26FN3O3S. The lowest BCUT2D eigenvalue weighted by atomic mass is 10.2. The number of hydrogen-bond donors (Lipinski definition) is 0. The molecule has 0 saturated carbocycles.